The zero-order valence-corrected chi connectivity index (χ0v) is 10.8. The van der Waals surface area contributed by atoms with E-state index in [-0.39, 0.29) is 5.91 Å². The maximum Gasteiger partial charge on any atom is 0.220 e. The fraction of sp³-hybridized carbons (Fsp3) is 0.917. The lowest BCUT2D eigenvalue weighted by atomic mass is 9.84. The van der Waals surface area contributed by atoms with Crippen LogP contribution in [0, 0.1) is 11.8 Å². The predicted octanol–water partition coefficient (Wildman–Crippen LogP) is 1.74. The molecular formula is C12H26N2O. The lowest BCUT2D eigenvalue weighted by Crippen LogP contribution is -2.38. The second-order valence-corrected chi connectivity index (χ2v) is 4.17. The van der Waals surface area contributed by atoms with Crippen LogP contribution in [0.15, 0.2) is 0 Å². The molecule has 1 aliphatic rings. The molecule has 90 valence electrons. The summed E-state index contributed by atoms with van der Waals surface area (Å²) in [6, 6.07) is 0. The molecule has 0 bridgehead atoms. The van der Waals surface area contributed by atoms with Gasteiger partial charge < -0.3 is 10.2 Å². The molecule has 2 atom stereocenters. The topological polar surface area (TPSA) is 32.3 Å². The zero-order chi connectivity index (χ0) is 11.8. The average molecular weight is 214 g/mol. The van der Waals surface area contributed by atoms with Crippen LogP contribution in [0.25, 0.3) is 0 Å². The van der Waals surface area contributed by atoms with E-state index in [1.165, 1.54) is 0 Å². The average Bonchev–Trinajstić information content (AvgIpc) is 2.25. The highest BCUT2D eigenvalue weighted by Crippen LogP contribution is 2.24. The maximum absolute atomic E-state index is 11.2. The first-order valence-electron chi connectivity index (χ1n) is 6.02. The summed E-state index contributed by atoms with van der Waals surface area (Å²) in [6.07, 6.45) is 1.86. The van der Waals surface area contributed by atoms with Gasteiger partial charge in [-0.2, -0.15) is 0 Å². The number of rotatable bonds is 2. The van der Waals surface area contributed by atoms with Crippen molar-refractivity contribution in [1.82, 2.24) is 10.2 Å². The summed E-state index contributed by atoms with van der Waals surface area (Å²) in [5, 5.41) is 2.69. The van der Waals surface area contributed by atoms with Crippen LogP contribution in [-0.4, -0.2) is 38.0 Å². The SMILES string of the molecule is CC.CNC(=O)CC1CCN(C)CC1C. The van der Waals surface area contributed by atoms with Crippen molar-refractivity contribution < 1.29 is 4.79 Å². The van der Waals surface area contributed by atoms with Gasteiger partial charge in [-0.05, 0) is 31.8 Å². The maximum atomic E-state index is 11.2. The van der Waals surface area contributed by atoms with Gasteiger partial charge in [0.2, 0.25) is 5.91 Å². The molecule has 1 amide bonds. The minimum Gasteiger partial charge on any atom is -0.359 e. The summed E-state index contributed by atoms with van der Waals surface area (Å²) in [4.78, 5) is 13.5. The quantitative estimate of drug-likeness (QED) is 0.759. The van der Waals surface area contributed by atoms with Crippen molar-refractivity contribution in [2.45, 2.75) is 33.6 Å². The van der Waals surface area contributed by atoms with Gasteiger partial charge in [0.1, 0.15) is 0 Å². The number of nitrogens with zero attached hydrogens (tertiary/aromatic N) is 1. The van der Waals surface area contributed by atoms with Crippen LogP contribution in [-0.2, 0) is 4.79 Å². The molecule has 3 heteroatoms. The molecule has 0 saturated carbocycles. The van der Waals surface area contributed by atoms with Crippen LogP contribution in [0.4, 0.5) is 0 Å². The molecular weight excluding hydrogens is 188 g/mol. The van der Waals surface area contributed by atoms with Gasteiger partial charge in [0, 0.05) is 20.0 Å². The molecule has 2 unspecified atom stereocenters. The molecule has 15 heavy (non-hydrogen) atoms. The Hall–Kier alpha value is -0.570. The molecule has 0 aliphatic carbocycles. The second-order valence-electron chi connectivity index (χ2n) is 4.17. The summed E-state index contributed by atoms with van der Waals surface area (Å²) in [7, 11) is 3.86. The Bertz CT molecular complexity index is 182. The first-order chi connectivity index (χ1) is 7.13. The van der Waals surface area contributed by atoms with E-state index in [2.05, 4.69) is 24.2 Å². The number of likely N-dealkylation sites (tertiary alicyclic amines) is 1. The fourth-order valence-corrected chi connectivity index (χ4v) is 2.05. The van der Waals surface area contributed by atoms with Crippen LogP contribution in [0.5, 0.6) is 0 Å². The number of amides is 1. The minimum absolute atomic E-state index is 0.182. The van der Waals surface area contributed by atoms with E-state index in [0.717, 1.165) is 19.5 Å². The number of carbonyl (C=O) groups excluding carboxylic acids is 1. The van der Waals surface area contributed by atoms with Gasteiger partial charge in [0.25, 0.3) is 0 Å². The van der Waals surface area contributed by atoms with Crippen molar-refractivity contribution in [1.29, 1.82) is 0 Å². The molecule has 0 aromatic heterocycles. The summed E-state index contributed by atoms with van der Waals surface area (Å²) in [5.41, 5.74) is 0. The number of carbonyl (C=O) groups is 1. The Morgan fingerprint density at radius 2 is 2.07 bits per heavy atom. The Labute approximate surface area is 94.2 Å². The molecule has 0 aromatic rings. The van der Waals surface area contributed by atoms with E-state index < -0.39 is 0 Å². The largest absolute Gasteiger partial charge is 0.359 e. The zero-order valence-electron chi connectivity index (χ0n) is 10.8. The molecule has 0 radical (unpaired) electrons. The first kappa shape index (κ1) is 14.4. The standard InChI is InChI=1S/C10H20N2O.C2H6/c1-8-7-12(3)5-4-9(8)6-10(13)11-2;1-2/h8-9H,4-7H2,1-3H3,(H,11,13);1-2H3. The van der Waals surface area contributed by atoms with E-state index in [4.69, 9.17) is 0 Å². The molecule has 0 aromatic carbocycles. The Morgan fingerprint density at radius 3 is 2.53 bits per heavy atom. The number of piperidine rings is 1. The van der Waals surface area contributed by atoms with Gasteiger partial charge in [-0.15, -0.1) is 0 Å². The normalized spacial score (nSPS) is 26.5. The van der Waals surface area contributed by atoms with E-state index in [1.807, 2.05) is 13.8 Å². The summed E-state index contributed by atoms with van der Waals surface area (Å²) in [6.45, 7) is 8.50. The molecule has 1 aliphatic heterocycles. The van der Waals surface area contributed by atoms with Crippen LogP contribution in [0.2, 0.25) is 0 Å². The van der Waals surface area contributed by atoms with Crippen molar-refractivity contribution in [3.8, 4) is 0 Å². The van der Waals surface area contributed by atoms with E-state index >= 15 is 0 Å². The third-order valence-corrected chi connectivity index (χ3v) is 3.01. The highest BCUT2D eigenvalue weighted by molar-refractivity contribution is 5.75. The number of nitrogens with one attached hydrogen (secondary N) is 1. The van der Waals surface area contributed by atoms with Gasteiger partial charge >= 0.3 is 0 Å². The van der Waals surface area contributed by atoms with Crippen molar-refractivity contribution in [2.75, 3.05) is 27.2 Å². The monoisotopic (exact) mass is 214 g/mol. The van der Waals surface area contributed by atoms with Crippen LogP contribution in [0.3, 0.4) is 0 Å². The van der Waals surface area contributed by atoms with Gasteiger partial charge in [0.05, 0.1) is 0 Å². The van der Waals surface area contributed by atoms with Gasteiger partial charge in [-0.1, -0.05) is 20.8 Å². The Kier molecular flexibility index (Phi) is 7.39. The third kappa shape index (κ3) is 5.17. The Balaban J connectivity index is 0.000000921. The molecule has 0 spiro atoms. The van der Waals surface area contributed by atoms with Crippen LogP contribution in [0.1, 0.15) is 33.6 Å². The smallest absolute Gasteiger partial charge is 0.220 e. The summed E-state index contributed by atoms with van der Waals surface area (Å²) < 4.78 is 0. The van der Waals surface area contributed by atoms with Crippen molar-refractivity contribution >= 4 is 5.91 Å². The van der Waals surface area contributed by atoms with E-state index in [9.17, 15) is 4.79 Å². The van der Waals surface area contributed by atoms with Gasteiger partial charge in [0.15, 0.2) is 0 Å². The van der Waals surface area contributed by atoms with Crippen LogP contribution < -0.4 is 5.32 Å². The predicted molar refractivity (Wildman–Crippen MR) is 64.8 cm³/mol. The molecule has 1 heterocycles. The summed E-state index contributed by atoms with van der Waals surface area (Å²) >= 11 is 0. The van der Waals surface area contributed by atoms with Gasteiger partial charge in [-0.25, -0.2) is 0 Å². The first-order valence-corrected chi connectivity index (χ1v) is 6.02. The molecule has 1 N–H and O–H groups in total. The molecule has 1 rings (SSSR count). The fourth-order valence-electron chi connectivity index (χ4n) is 2.05. The van der Waals surface area contributed by atoms with Gasteiger partial charge in [-0.3, -0.25) is 4.79 Å². The van der Waals surface area contributed by atoms with Crippen LogP contribution >= 0.6 is 0 Å². The molecule has 3 nitrogen and oxygen atoms in total. The minimum atomic E-state index is 0.182. The lowest BCUT2D eigenvalue weighted by molar-refractivity contribution is -0.122. The van der Waals surface area contributed by atoms with Crippen molar-refractivity contribution in [3.05, 3.63) is 0 Å². The number of hydrogen-bond acceptors (Lipinski definition) is 2. The third-order valence-electron chi connectivity index (χ3n) is 3.01. The highest BCUT2D eigenvalue weighted by atomic mass is 16.1. The van der Waals surface area contributed by atoms with Crippen molar-refractivity contribution in [2.24, 2.45) is 11.8 Å². The Morgan fingerprint density at radius 1 is 1.47 bits per heavy atom. The lowest BCUT2D eigenvalue weighted by Gasteiger charge is -2.34. The van der Waals surface area contributed by atoms with E-state index in [1.54, 1.807) is 7.05 Å². The second kappa shape index (κ2) is 7.69. The number of hydrogen-bond donors (Lipinski definition) is 1. The molecule has 1 saturated heterocycles. The highest BCUT2D eigenvalue weighted by Gasteiger charge is 2.25. The molecule has 1 fully saturated rings. The summed E-state index contributed by atoms with van der Waals surface area (Å²) in [5.74, 6) is 1.41. The van der Waals surface area contributed by atoms with Crippen molar-refractivity contribution in [3.63, 3.8) is 0 Å². The van der Waals surface area contributed by atoms with E-state index in [0.29, 0.717) is 18.3 Å².